The summed E-state index contributed by atoms with van der Waals surface area (Å²) in [7, 11) is 1.56. The molecule has 3 aromatic carbocycles. The van der Waals surface area contributed by atoms with Crippen molar-refractivity contribution in [2.75, 3.05) is 25.2 Å². The van der Waals surface area contributed by atoms with Crippen LogP contribution in [0.5, 0.6) is 5.75 Å². The molecule has 7 rings (SSSR count). The third-order valence-corrected chi connectivity index (χ3v) is 10.6. The van der Waals surface area contributed by atoms with E-state index in [4.69, 9.17) is 14.2 Å². The molecule has 3 amide bonds. The van der Waals surface area contributed by atoms with Gasteiger partial charge in [0.1, 0.15) is 29.4 Å². The number of carbonyl (C=O) groups is 4. The highest BCUT2D eigenvalue weighted by atomic mass is 16.6. The van der Waals surface area contributed by atoms with Gasteiger partial charge in [0.2, 0.25) is 11.8 Å². The Morgan fingerprint density at radius 1 is 0.942 bits per heavy atom. The number of ether oxygens (including phenoxy) is 3. The third-order valence-electron chi connectivity index (χ3n) is 10.6. The second-order valence-electron chi connectivity index (χ2n) is 13.8. The SMILES string of the molecule is COc1ccc(N2C/C=C\CCC(=O)N[C@H](C)[C@@H](c3ccccc3)OC(=O)[C@@H]3[C@@H]4C=C[C@]5(O4)[C@H](C2=O)N([C@@H](CO)Cc2ccccc2)C(=O)[C@@H]35)cc1. The molecule has 0 unspecified atom stereocenters. The minimum absolute atomic E-state index is 0.125. The van der Waals surface area contributed by atoms with Crippen LogP contribution in [-0.4, -0.2) is 83.8 Å². The zero-order valence-corrected chi connectivity index (χ0v) is 29.2. The van der Waals surface area contributed by atoms with Gasteiger partial charge in [0.25, 0.3) is 5.91 Å². The number of aliphatic hydroxyl groups excluding tert-OH is 1. The Kier molecular flexibility index (Phi) is 9.98. The molecule has 0 aliphatic carbocycles. The molecule has 2 N–H and O–H groups in total. The minimum Gasteiger partial charge on any atom is -0.497 e. The summed E-state index contributed by atoms with van der Waals surface area (Å²) in [5.41, 5.74) is 0.602. The molecule has 52 heavy (non-hydrogen) atoms. The molecule has 2 fully saturated rings. The zero-order valence-electron chi connectivity index (χ0n) is 29.2. The second kappa shape index (κ2) is 14.8. The van der Waals surface area contributed by atoms with Crippen molar-refractivity contribution in [1.29, 1.82) is 0 Å². The van der Waals surface area contributed by atoms with Gasteiger partial charge < -0.3 is 34.4 Å². The first kappa shape index (κ1) is 35.2. The lowest BCUT2D eigenvalue weighted by Crippen LogP contribution is -2.59. The molecule has 2 saturated heterocycles. The Labute approximate surface area is 302 Å². The summed E-state index contributed by atoms with van der Waals surface area (Å²) in [6, 6.07) is 23.0. The monoisotopic (exact) mass is 705 g/mol. The van der Waals surface area contributed by atoms with E-state index in [0.29, 0.717) is 23.4 Å². The first-order valence-electron chi connectivity index (χ1n) is 17.7. The average molecular weight is 706 g/mol. The van der Waals surface area contributed by atoms with Crippen LogP contribution in [0.15, 0.2) is 109 Å². The number of allylic oxidation sites excluding steroid dienone is 1. The number of cyclic esters (lactones) is 1. The highest BCUT2D eigenvalue weighted by Crippen LogP contribution is 2.56. The number of methoxy groups -OCH3 is 1. The standard InChI is InChI=1S/C41H43N3O8/c1-26-36(28-14-8-4-9-15-28)51-40(49)34-32-21-22-41(52-32)35(34)38(47)44(30(25-45)24-27-12-6-3-7-13-27)37(41)39(48)43(23-11-5-10-16-33(46)42-26)29-17-19-31(50-2)20-18-29/h3-9,11-15,17-22,26,30,32,34-37,45H,10,16,23-25H2,1-2H3,(H,42,46)/b11-5-/t26-,30-,32+,34-,35-,36+,37+,41-/m1/s1. The molecule has 0 radical (unpaired) electrons. The number of esters is 1. The molecule has 8 atom stereocenters. The number of likely N-dealkylation sites (tertiary alicyclic amines) is 1. The first-order chi connectivity index (χ1) is 25.3. The summed E-state index contributed by atoms with van der Waals surface area (Å²) in [4.78, 5) is 60.7. The molecular weight excluding hydrogens is 662 g/mol. The van der Waals surface area contributed by atoms with E-state index in [1.165, 1.54) is 4.90 Å². The molecule has 1 spiro atoms. The number of aliphatic hydroxyl groups is 1. The number of hydrogen-bond acceptors (Lipinski definition) is 8. The maximum absolute atomic E-state index is 15.2. The smallest absolute Gasteiger partial charge is 0.313 e. The van der Waals surface area contributed by atoms with Crippen LogP contribution in [0.2, 0.25) is 0 Å². The van der Waals surface area contributed by atoms with Gasteiger partial charge in [-0.3, -0.25) is 19.2 Å². The summed E-state index contributed by atoms with van der Waals surface area (Å²) < 4.78 is 18.3. The Morgan fingerprint density at radius 3 is 2.35 bits per heavy atom. The molecule has 4 aliphatic heterocycles. The minimum atomic E-state index is -1.50. The van der Waals surface area contributed by atoms with Crippen molar-refractivity contribution in [3.8, 4) is 5.75 Å². The lowest BCUT2D eigenvalue weighted by Gasteiger charge is -2.39. The summed E-state index contributed by atoms with van der Waals surface area (Å²) in [5, 5.41) is 13.9. The van der Waals surface area contributed by atoms with Crippen molar-refractivity contribution in [1.82, 2.24) is 10.2 Å². The quantitative estimate of drug-likeness (QED) is 0.279. The van der Waals surface area contributed by atoms with E-state index in [-0.39, 0.29) is 25.3 Å². The normalized spacial score (nSPS) is 30.1. The van der Waals surface area contributed by atoms with Gasteiger partial charge in [0.05, 0.1) is 37.8 Å². The van der Waals surface area contributed by atoms with Crippen LogP contribution in [0.4, 0.5) is 5.69 Å². The van der Waals surface area contributed by atoms with Crippen LogP contribution in [-0.2, 0) is 35.1 Å². The third kappa shape index (κ3) is 6.39. The van der Waals surface area contributed by atoms with Crippen molar-refractivity contribution < 1.29 is 38.5 Å². The fourth-order valence-corrected chi connectivity index (χ4v) is 8.14. The number of carbonyl (C=O) groups excluding carboxylic acids is 4. The number of hydrogen-bond donors (Lipinski definition) is 2. The number of amides is 3. The van der Waals surface area contributed by atoms with E-state index < -0.39 is 72.2 Å². The Morgan fingerprint density at radius 2 is 1.65 bits per heavy atom. The highest BCUT2D eigenvalue weighted by molar-refractivity contribution is 6.05. The van der Waals surface area contributed by atoms with E-state index in [1.807, 2.05) is 72.8 Å². The number of fused-ring (bicyclic) bond motifs is 2. The van der Waals surface area contributed by atoms with Crippen molar-refractivity contribution in [3.05, 3.63) is 120 Å². The number of nitrogens with one attached hydrogen (secondary N) is 1. The maximum atomic E-state index is 15.2. The van der Waals surface area contributed by atoms with Gasteiger partial charge in [-0.05, 0) is 55.2 Å². The molecule has 0 aromatic heterocycles. The van der Waals surface area contributed by atoms with Crippen molar-refractivity contribution in [2.45, 2.75) is 62.1 Å². The summed E-state index contributed by atoms with van der Waals surface area (Å²) in [6.07, 6.45) is 6.33. The molecule has 5 bridgehead atoms. The number of benzene rings is 3. The van der Waals surface area contributed by atoms with Gasteiger partial charge in [-0.1, -0.05) is 85.0 Å². The predicted molar refractivity (Wildman–Crippen MR) is 192 cm³/mol. The summed E-state index contributed by atoms with van der Waals surface area (Å²) >= 11 is 0. The van der Waals surface area contributed by atoms with E-state index in [9.17, 15) is 19.5 Å². The lowest BCUT2D eigenvalue weighted by atomic mass is 9.74. The largest absolute Gasteiger partial charge is 0.497 e. The van der Waals surface area contributed by atoms with Crippen molar-refractivity contribution in [3.63, 3.8) is 0 Å². The Hall–Kier alpha value is -5.26. The predicted octanol–water partition coefficient (Wildman–Crippen LogP) is 3.92. The summed E-state index contributed by atoms with van der Waals surface area (Å²) in [6.45, 7) is 1.48. The number of rotatable bonds is 7. The Bertz CT molecular complexity index is 1850. The second-order valence-corrected chi connectivity index (χ2v) is 13.8. The molecule has 270 valence electrons. The van der Waals surface area contributed by atoms with Gasteiger partial charge in [0, 0.05) is 18.7 Å². The summed E-state index contributed by atoms with van der Waals surface area (Å²) in [5.74, 6) is -3.36. The Balaban J connectivity index is 1.34. The average Bonchev–Trinajstić information content (AvgIpc) is 3.81. The zero-order chi connectivity index (χ0) is 36.4. The van der Waals surface area contributed by atoms with Gasteiger partial charge in [0.15, 0.2) is 0 Å². The number of anilines is 1. The van der Waals surface area contributed by atoms with Crippen LogP contribution in [0, 0.1) is 11.8 Å². The maximum Gasteiger partial charge on any atom is 0.313 e. The van der Waals surface area contributed by atoms with Crippen LogP contribution in [0.25, 0.3) is 0 Å². The molecule has 4 aliphatic rings. The van der Waals surface area contributed by atoms with Crippen LogP contribution < -0.4 is 15.0 Å². The fourth-order valence-electron chi connectivity index (χ4n) is 8.14. The van der Waals surface area contributed by atoms with E-state index in [1.54, 1.807) is 55.4 Å². The van der Waals surface area contributed by atoms with Crippen LogP contribution in [0.1, 0.15) is 37.0 Å². The van der Waals surface area contributed by atoms with Gasteiger partial charge in [-0.25, -0.2) is 0 Å². The fraction of sp³-hybridized carbons (Fsp3) is 0.366. The van der Waals surface area contributed by atoms with E-state index in [0.717, 1.165) is 5.56 Å². The molecule has 11 heteroatoms. The van der Waals surface area contributed by atoms with Gasteiger partial charge in [-0.2, -0.15) is 0 Å². The topological polar surface area (TPSA) is 135 Å². The molecular formula is C41H43N3O8. The van der Waals surface area contributed by atoms with E-state index >= 15 is 4.79 Å². The molecule has 4 heterocycles. The van der Waals surface area contributed by atoms with Gasteiger partial charge in [-0.15, -0.1) is 0 Å². The lowest BCUT2D eigenvalue weighted by molar-refractivity contribution is -0.161. The van der Waals surface area contributed by atoms with Gasteiger partial charge >= 0.3 is 5.97 Å². The highest BCUT2D eigenvalue weighted by Gasteiger charge is 2.74. The van der Waals surface area contributed by atoms with Crippen molar-refractivity contribution in [2.24, 2.45) is 11.8 Å². The molecule has 3 aromatic rings. The van der Waals surface area contributed by atoms with Crippen LogP contribution >= 0.6 is 0 Å². The van der Waals surface area contributed by atoms with Crippen LogP contribution in [0.3, 0.4) is 0 Å². The number of nitrogens with zero attached hydrogens (tertiary/aromatic N) is 2. The van der Waals surface area contributed by atoms with Crippen molar-refractivity contribution >= 4 is 29.4 Å². The molecule has 0 saturated carbocycles. The van der Waals surface area contributed by atoms with E-state index in [2.05, 4.69) is 5.32 Å². The molecule has 11 nitrogen and oxygen atoms in total. The first-order valence-corrected chi connectivity index (χ1v) is 17.7.